The fourth-order valence-corrected chi connectivity index (χ4v) is 2.18. The van der Waals surface area contributed by atoms with Crippen LogP contribution in [-0.2, 0) is 12.0 Å². The van der Waals surface area contributed by atoms with Crippen LogP contribution in [0.3, 0.4) is 0 Å². The average Bonchev–Trinajstić information content (AvgIpc) is 2.32. The zero-order chi connectivity index (χ0) is 14.9. The Hall–Kier alpha value is -1.52. The van der Waals surface area contributed by atoms with Crippen LogP contribution < -0.4 is 5.73 Å². The summed E-state index contributed by atoms with van der Waals surface area (Å²) in [5.74, 6) is -1.94. The highest BCUT2D eigenvalue weighted by Gasteiger charge is 2.23. The first kappa shape index (κ1) is 14.9. The zero-order valence-corrected chi connectivity index (χ0v) is 11.5. The van der Waals surface area contributed by atoms with Crippen LogP contribution in [0.5, 0.6) is 0 Å². The molecule has 0 aromatic heterocycles. The number of hydrogen-bond donors (Lipinski definition) is 1. The van der Waals surface area contributed by atoms with E-state index in [1.165, 1.54) is 24.3 Å². The van der Waals surface area contributed by atoms with Crippen LogP contribution in [0.2, 0.25) is 5.02 Å². The van der Waals surface area contributed by atoms with Crippen LogP contribution in [0.4, 0.5) is 13.2 Å². The van der Waals surface area contributed by atoms with Crippen molar-refractivity contribution in [1.82, 2.24) is 0 Å². The van der Waals surface area contributed by atoms with E-state index in [9.17, 15) is 13.2 Å². The average molecular weight is 300 g/mol. The number of rotatable bonds is 3. The maximum Gasteiger partial charge on any atom is 0.142 e. The minimum Gasteiger partial charge on any atom is -0.321 e. The molecule has 0 fully saturated rings. The number of halogens is 4. The van der Waals surface area contributed by atoms with Gasteiger partial charge in [-0.1, -0.05) is 17.7 Å². The van der Waals surface area contributed by atoms with E-state index in [0.717, 1.165) is 6.07 Å². The van der Waals surface area contributed by atoms with Gasteiger partial charge in [-0.25, -0.2) is 13.2 Å². The molecule has 0 saturated carbocycles. The third-order valence-electron chi connectivity index (χ3n) is 3.08. The fourth-order valence-electron chi connectivity index (χ4n) is 2.06. The molecule has 2 N–H and O–H groups in total. The Morgan fingerprint density at radius 3 is 2.20 bits per heavy atom. The van der Waals surface area contributed by atoms with Crippen molar-refractivity contribution in [2.75, 3.05) is 0 Å². The zero-order valence-electron chi connectivity index (χ0n) is 10.8. The second-order valence-corrected chi connectivity index (χ2v) is 5.41. The van der Waals surface area contributed by atoms with Crippen molar-refractivity contribution >= 4 is 11.6 Å². The molecule has 20 heavy (non-hydrogen) atoms. The topological polar surface area (TPSA) is 26.0 Å². The SMILES string of the molecule is CC(N)(Cc1ccc(Cl)c(F)c1)c1cc(F)cc(F)c1. The van der Waals surface area contributed by atoms with Gasteiger partial charge in [0.2, 0.25) is 0 Å². The van der Waals surface area contributed by atoms with Crippen molar-refractivity contribution < 1.29 is 13.2 Å². The van der Waals surface area contributed by atoms with Gasteiger partial charge < -0.3 is 5.73 Å². The Labute approximate surface area is 120 Å². The number of nitrogens with two attached hydrogens (primary N) is 1. The molecule has 0 amide bonds. The third-order valence-corrected chi connectivity index (χ3v) is 3.38. The van der Waals surface area contributed by atoms with E-state index >= 15 is 0 Å². The van der Waals surface area contributed by atoms with E-state index in [2.05, 4.69) is 0 Å². The minimum atomic E-state index is -1.02. The molecule has 1 nitrogen and oxygen atoms in total. The van der Waals surface area contributed by atoms with E-state index < -0.39 is 23.0 Å². The van der Waals surface area contributed by atoms with Gasteiger partial charge in [0.25, 0.3) is 0 Å². The summed E-state index contributed by atoms with van der Waals surface area (Å²) in [4.78, 5) is 0. The Morgan fingerprint density at radius 1 is 1.05 bits per heavy atom. The summed E-state index contributed by atoms with van der Waals surface area (Å²) >= 11 is 5.61. The molecular formula is C15H13ClF3N. The highest BCUT2D eigenvalue weighted by Crippen LogP contribution is 2.26. The van der Waals surface area contributed by atoms with Crippen molar-refractivity contribution in [3.63, 3.8) is 0 Å². The van der Waals surface area contributed by atoms with Crippen molar-refractivity contribution in [2.24, 2.45) is 5.73 Å². The predicted octanol–water partition coefficient (Wildman–Crippen LogP) is 4.17. The molecule has 1 unspecified atom stereocenters. The van der Waals surface area contributed by atoms with Gasteiger partial charge in [-0.05, 0) is 48.7 Å². The number of benzene rings is 2. The van der Waals surface area contributed by atoms with Gasteiger partial charge >= 0.3 is 0 Å². The lowest BCUT2D eigenvalue weighted by molar-refractivity contribution is 0.477. The lowest BCUT2D eigenvalue weighted by Crippen LogP contribution is -2.35. The van der Waals surface area contributed by atoms with Crippen molar-refractivity contribution in [3.05, 3.63) is 70.0 Å². The highest BCUT2D eigenvalue weighted by atomic mass is 35.5. The van der Waals surface area contributed by atoms with Gasteiger partial charge in [-0.15, -0.1) is 0 Å². The van der Waals surface area contributed by atoms with Crippen molar-refractivity contribution in [2.45, 2.75) is 18.9 Å². The summed E-state index contributed by atoms with van der Waals surface area (Å²) in [6.07, 6.45) is 0.226. The molecule has 2 aromatic carbocycles. The molecule has 1 atom stereocenters. The molecule has 0 aliphatic heterocycles. The van der Waals surface area contributed by atoms with Gasteiger partial charge in [-0.3, -0.25) is 0 Å². The Kier molecular flexibility index (Phi) is 4.06. The summed E-state index contributed by atoms with van der Waals surface area (Å²) in [5.41, 5.74) is 5.99. The standard InChI is InChI=1S/C15H13ClF3N/c1-15(20,10-5-11(17)7-12(18)6-10)8-9-2-3-13(16)14(19)4-9/h2-7H,8,20H2,1H3. The molecule has 0 radical (unpaired) electrons. The summed E-state index contributed by atoms with van der Waals surface area (Å²) in [5, 5.41) is 0.0178. The second-order valence-electron chi connectivity index (χ2n) is 5.00. The van der Waals surface area contributed by atoms with Gasteiger partial charge in [0.1, 0.15) is 17.5 Å². The normalized spacial score (nSPS) is 14.1. The lowest BCUT2D eigenvalue weighted by Gasteiger charge is -2.25. The van der Waals surface area contributed by atoms with Crippen LogP contribution in [0.15, 0.2) is 36.4 Å². The largest absolute Gasteiger partial charge is 0.321 e. The molecule has 2 rings (SSSR count). The van der Waals surface area contributed by atoms with E-state index in [0.29, 0.717) is 11.1 Å². The molecule has 2 aromatic rings. The third kappa shape index (κ3) is 3.32. The maximum absolute atomic E-state index is 13.4. The van der Waals surface area contributed by atoms with Crippen LogP contribution >= 0.6 is 11.6 Å². The van der Waals surface area contributed by atoms with Gasteiger partial charge in [0.05, 0.1) is 5.02 Å². The molecule has 0 bridgehead atoms. The smallest absolute Gasteiger partial charge is 0.142 e. The van der Waals surface area contributed by atoms with Gasteiger partial charge in [0, 0.05) is 11.6 Å². The number of hydrogen-bond acceptors (Lipinski definition) is 1. The van der Waals surface area contributed by atoms with Crippen LogP contribution in [-0.4, -0.2) is 0 Å². The first-order valence-corrected chi connectivity index (χ1v) is 6.35. The maximum atomic E-state index is 13.4. The summed E-state index contributed by atoms with van der Waals surface area (Å²) in [6.45, 7) is 1.63. The van der Waals surface area contributed by atoms with E-state index in [1.807, 2.05) is 0 Å². The molecule has 0 aliphatic carbocycles. The molecule has 106 valence electrons. The highest BCUT2D eigenvalue weighted by molar-refractivity contribution is 6.30. The van der Waals surface area contributed by atoms with Crippen LogP contribution in [0.1, 0.15) is 18.1 Å². The summed E-state index contributed by atoms with van der Waals surface area (Å²) in [7, 11) is 0. The van der Waals surface area contributed by atoms with E-state index in [-0.39, 0.29) is 11.4 Å². The first-order chi connectivity index (χ1) is 9.28. The lowest BCUT2D eigenvalue weighted by atomic mass is 9.86. The second kappa shape index (κ2) is 5.46. The van der Waals surface area contributed by atoms with Gasteiger partial charge in [0.15, 0.2) is 0 Å². The van der Waals surface area contributed by atoms with E-state index in [1.54, 1.807) is 13.0 Å². The summed E-state index contributed by atoms with van der Waals surface area (Å²) in [6, 6.07) is 7.45. The Bertz CT molecular complexity index is 621. The molecular weight excluding hydrogens is 287 g/mol. The van der Waals surface area contributed by atoms with Crippen LogP contribution in [0, 0.1) is 17.5 Å². The Morgan fingerprint density at radius 2 is 1.65 bits per heavy atom. The molecule has 0 aliphatic rings. The minimum absolute atomic E-state index is 0.0178. The van der Waals surface area contributed by atoms with Crippen LogP contribution in [0.25, 0.3) is 0 Å². The molecule has 0 spiro atoms. The molecule has 0 heterocycles. The Balaban J connectivity index is 2.32. The first-order valence-electron chi connectivity index (χ1n) is 5.97. The van der Waals surface area contributed by atoms with Crippen molar-refractivity contribution in [1.29, 1.82) is 0 Å². The van der Waals surface area contributed by atoms with Crippen molar-refractivity contribution in [3.8, 4) is 0 Å². The van der Waals surface area contributed by atoms with E-state index in [4.69, 9.17) is 17.3 Å². The summed E-state index contributed by atoms with van der Waals surface area (Å²) < 4.78 is 39.9. The molecule has 0 saturated heterocycles. The quantitative estimate of drug-likeness (QED) is 0.904. The fraction of sp³-hybridized carbons (Fsp3) is 0.200. The van der Waals surface area contributed by atoms with Gasteiger partial charge in [-0.2, -0.15) is 0 Å². The molecule has 5 heteroatoms. The monoisotopic (exact) mass is 299 g/mol. The predicted molar refractivity (Wildman–Crippen MR) is 73.0 cm³/mol.